The predicted octanol–water partition coefficient (Wildman–Crippen LogP) is 0.650. The SMILES string of the molecule is Cc1[nH]c(=O)sc1S(=O)(=O)NC1CCN(C2CC2)CC1. The molecule has 1 aromatic heterocycles. The topological polar surface area (TPSA) is 82.3 Å². The second kappa shape index (κ2) is 5.25. The van der Waals surface area contributed by atoms with Crippen molar-refractivity contribution in [3.05, 3.63) is 15.4 Å². The molecule has 0 aromatic carbocycles. The number of thiazole rings is 1. The van der Waals surface area contributed by atoms with Gasteiger partial charge in [-0.25, -0.2) is 13.1 Å². The molecule has 112 valence electrons. The lowest BCUT2D eigenvalue weighted by molar-refractivity contribution is 0.199. The summed E-state index contributed by atoms with van der Waals surface area (Å²) in [6, 6.07) is 0.719. The maximum Gasteiger partial charge on any atom is 0.305 e. The van der Waals surface area contributed by atoms with Crippen LogP contribution in [0.4, 0.5) is 0 Å². The largest absolute Gasteiger partial charge is 0.315 e. The Balaban J connectivity index is 1.65. The Bertz CT molecular complexity index is 637. The molecule has 0 spiro atoms. The van der Waals surface area contributed by atoms with Crippen LogP contribution in [-0.2, 0) is 10.0 Å². The molecule has 1 saturated heterocycles. The van der Waals surface area contributed by atoms with E-state index in [1.807, 2.05) is 0 Å². The van der Waals surface area contributed by atoms with Crippen molar-refractivity contribution in [1.82, 2.24) is 14.6 Å². The monoisotopic (exact) mass is 317 g/mol. The minimum Gasteiger partial charge on any atom is -0.315 e. The Kier molecular flexibility index (Phi) is 3.74. The number of nitrogens with zero attached hydrogens (tertiary/aromatic N) is 1. The summed E-state index contributed by atoms with van der Waals surface area (Å²) in [5, 5.41) is 0. The molecule has 2 aliphatic rings. The van der Waals surface area contributed by atoms with Crippen LogP contribution in [0.15, 0.2) is 9.00 Å². The molecule has 20 heavy (non-hydrogen) atoms. The van der Waals surface area contributed by atoms with Gasteiger partial charge >= 0.3 is 4.87 Å². The Morgan fingerprint density at radius 3 is 2.40 bits per heavy atom. The molecule has 1 aromatic rings. The van der Waals surface area contributed by atoms with Crippen LogP contribution in [0.1, 0.15) is 31.4 Å². The van der Waals surface area contributed by atoms with Gasteiger partial charge < -0.3 is 9.88 Å². The number of hydrogen-bond donors (Lipinski definition) is 2. The molecular weight excluding hydrogens is 298 g/mol. The highest BCUT2D eigenvalue weighted by Gasteiger charge is 2.33. The molecule has 6 nitrogen and oxygen atoms in total. The smallest absolute Gasteiger partial charge is 0.305 e. The Labute approximate surface area is 122 Å². The van der Waals surface area contributed by atoms with Gasteiger partial charge in [0.2, 0.25) is 0 Å². The fraction of sp³-hybridized carbons (Fsp3) is 0.750. The van der Waals surface area contributed by atoms with Crippen molar-refractivity contribution in [3.63, 3.8) is 0 Å². The first-order chi connectivity index (χ1) is 9.45. The van der Waals surface area contributed by atoms with Gasteiger partial charge in [0.05, 0.1) is 0 Å². The Morgan fingerprint density at radius 1 is 1.25 bits per heavy atom. The van der Waals surface area contributed by atoms with Crippen molar-refractivity contribution in [2.75, 3.05) is 13.1 Å². The Hall–Kier alpha value is -0.700. The van der Waals surface area contributed by atoms with Crippen molar-refractivity contribution in [3.8, 4) is 0 Å². The third-order valence-electron chi connectivity index (χ3n) is 3.94. The summed E-state index contributed by atoms with van der Waals surface area (Å²) in [6.07, 6.45) is 4.25. The van der Waals surface area contributed by atoms with Gasteiger partial charge in [0, 0.05) is 17.8 Å². The number of likely N-dealkylation sites (tertiary alicyclic amines) is 1. The Morgan fingerprint density at radius 2 is 1.90 bits per heavy atom. The van der Waals surface area contributed by atoms with Gasteiger partial charge in [-0.2, -0.15) is 0 Å². The first-order valence-electron chi connectivity index (χ1n) is 6.92. The summed E-state index contributed by atoms with van der Waals surface area (Å²) >= 11 is 0.753. The van der Waals surface area contributed by atoms with Gasteiger partial charge in [-0.3, -0.25) is 4.79 Å². The number of aromatic amines is 1. The summed E-state index contributed by atoms with van der Waals surface area (Å²) in [5.41, 5.74) is 0.419. The fourth-order valence-corrected chi connectivity index (χ4v) is 5.36. The lowest BCUT2D eigenvalue weighted by Crippen LogP contribution is -2.45. The highest BCUT2D eigenvalue weighted by molar-refractivity contribution is 7.91. The number of H-pyrrole nitrogens is 1. The maximum absolute atomic E-state index is 12.3. The van der Waals surface area contributed by atoms with E-state index in [1.54, 1.807) is 6.92 Å². The number of sulfonamides is 1. The highest BCUT2D eigenvalue weighted by Crippen LogP contribution is 2.29. The zero-order chi connectivity index (χ0) is 14.3. The minimum absolute atomic E-state index is 0.0217. The van der Waals surface area contributed by atoms with Gasteiger partial charge in [0.1, 0.15) is 0 Å². The maximum atomic E-state index is 12.3. The summed E-state index contributed by atoms with van der Waals surface area (Å²) in [6.45, 7) is 3.53. The average Bonchev–Trinajstić information content (AvgIpc) is 3.15. The molecule has 3 rings (SSSR count). The van der Waals surface area contributed by atoms with Gasteiger partial charge in [0.15, 0.2) is 4.21 Å². The van der Waals surface area contributed by atoms with Gasteiger partial charge in [-0.15, -0.1) is 0 Å². The molecule has 1 aliphatic heterocycles. The van der Waals surface area contributed by atoms with Crippen LogP contribution in [-0.4, -0.2) is 43.5 Å². The number of aromatic nitrogens is 1. The van der Waals surface area contributed by atoms with E-state index in [0.29, 0.717) is 5.69 Å². The molecule has 0 bridgehead atoms. The molecule has 1 aliphatic carbocycles. The van der Waals surface area contributed by atoms with E-state index in [9.17, 15) is 13.2 Å². The van der Waals surface area contributed by atoms with Crippen molar-refractivity contribution < 1.29 is 8.42 Å². The van der Waals surface area contributed by atoms with E-state index in [4.69, 9.17) is 0 Å². The van der Waals surface area contributed by atoms with Crippen LogP contribution < -0.4 is 9.60 Å². The number of hydrogen-bond acceptors (Lipinski definition) is 5. The average molecular weight is 317 g/mol. The van der Waals surface area contributed by atoms with Crippen LogP contribution in [0, 0.1) is 6.92 Å². The number of nitrogens with one attached hydrogen (secondary N) is 2. The number of rotatable bonds is 4. The lowest BCUT2D eigenvalue weighted by atomic mass is 10.1. The molecule has 2 heterocycles. The molecule has 2 fully saturated rings. The summed E-state index contributed by atoms with van der Waals surface area (Å²) in [5.74, 6) is 0. The van der Waals surface area contributed by atoms with E-state index in [0.717, 1.165) is 43.3 Å². The van der Waals surface area contributed by atoms with Crippen molar-refractivity contribution in [2.24, 2.45) is 0 Å². The third kappa shape index (κ3) is 2.98. The van der Waals surface area contributed by atoms with Gasteiger partial charge in [-0.05, 0) is 45.7 Å². The second-order valence-corrected chi connectivity index (χ2v) is 8.48. The van der Waals surface area contributed by atoms with E-state index < -0.39 is 10.0 Å². The van der Waals surface area contributed by atoms with Gasteiger partial charge in [0.25, 0.3) is 10.0 Å². The third-order valence-corrected chi connectivity index (χ3v) is 7.07. The van der Waals surface area contributed by atoms with E-state index in [-0.39, 0.29) is 15.1 Å². The molecule has 0 unspecified atom stereocenters. The summed E-state index contributed by atoms with van der Waals surface area (Å²) in [7, 11) is -3.57. The zero-order valence-electron chi connectivity index (χ0n) is 11.4. The molecule has 2 N–H and O–H groups in total. The van der Waals surface area contributed by atoms with Crippen LogP contribution >= 0.6 is 11.3 Å². The van der Waals surface area contributed by atoms with Crippen LogP contribution in [0.2, 0.25) is 0 Å². The van der Waals surface area contributed by atoms with Crippen LogP contribution in [0.5, 0.6) is 0 Å². The number of aryl methyl sites for hydroxylation is 1. The van der Waals surface area contributed by atoms with Crippen molar-refractivity contribution >= 4 is 21.4 Å². The first kappa shape index (κ1) is 14.2. The lowest BCUT2D eigenvalue weighted by Gasteiger charge is -2.32. The van der Waals surface area contributed by atoms with Crippen molar-refractivity contribution in [1.29, 1.82) is 0 Å². The first-order valence-corrected chi connectivity index (χ1v) is 9.22. The fourth-order valence-electron chi connectivity index (χ4n) is 2.74. The molecule has 0 atom stereocenters. The van der Waals surface area contributed by atoms with Crippen molar-refractivity contribution in [2.45, 2.75) is 48.9 Å². The summed E-state index contributed by atoms with van der Waals surface area (Å²) in [4.78, 5) is 15.9. The van der Waals surface area contributed by atoms with Crippen LogP contribution in [0.3, 0.4) is 0 Å². The normalized spacial score (nSPS) is 22.2. The minimum atomic E-state index is -3.57. The number of piperidine rings is 1. The van der Waals surface area contributed by atoms with E-state index >= 15 is 0 Å². The quantitative estimate of drug-likeness (QED) is 0.854. The zero-order valence-corrected chi connectivity index (χ0v) is 13.0. The summed E-state index contributed by atoms with van der Waals surface area (Å²) < 4.78 is 27.4. The molecule has 8 heteroatoms. The van der Waals surface area contributed by atoms with E-state index in [2.05, 4.69) is 14.6 Å². The molecule has 1 saturated carbocycles. The molecular formula is C12H19N3O3S2. The second-order valence-electron chi connectivity index (χ2n) is 5.59. The molecule has 0 amide bonds. The molecule has 0 radical (unpaired) electrons. The standard InChI is InChI=1S/C12H19N3O3S2/c1-8-11(19-12(16)13-8)20(17,18)14-9-4-6-15(7-5-9)10-2-3-10/h9-10,14H,2-7H2,1H3,(H,13,16). The predicted molar refractivity (Wildman–Crippen MR) is 77.6 cm³/mol. The van der Waals surface area contributed by atoms with E-state index in [1.165, 1.54) is 12.8 Å². The highest BCUT2D eigenvalue weighted by atomic mass is 32.2. The van der Waals surface area contributed by atoms with Gasteiger partial charge in [-0.1, -0.05) is 11.3 Å². The van der Waals surface area contributed by atoms with Crippen LogP contribution in [0.25, 0.3) is 0 Å².